The Morgan fingerprint density at radius 2 is 2.16 bits per heavy atom. The van der Waals surface area contributed by atoms with E-state index < -0.39 is 5.60 Å². The van der Waals surface area contributed by atoms with Crippen molar-refractivity contribution in [2.45, 2.75) is 25.4 Å². The molecule has 1 aromatic rings. The third-order valence-corrected chi connectivity index (χ3v) is 3.27. The van der Waals surface area contributed by atoms with E-state index in [4.69, 9.17) is 0 Å². The van der Waals surface area contributed by atoms with Gasteiger partial charge < -0.3 is 14.9 Å². The van der Waals surface area contributed by atoms with E-state index in [-0.39, 0.29) is 5.91 Å². The molecule has 1 aliphatic heterocycles. The zero-order valence-corrected chi connectivity index (χ0v) is 11.6. The Bertz CT molecular complexity index is 456. The first kappa shape index (κ1) is 13.7. The van der Waals surface area contributed by atoms with Crippen LogP contribution in [0, 0.1) is 0 Å². The molecule has 0 bridgehead atoms. The lowest BCUT2D eigenvalue weighted by Crippen LogP contribution is -2.46. The minimum Gasteiger partial charge on any atom is -0.388 e. The molecule has 0 aliphatic carbocycles. The summed E-state index contributed by atoms with van der Waals surface area (Å²) >= 11 is 0. The van der Waals surface area contributed by atoms with Crippen LogP contribution < -0.4 is 4.90 Å². The van der Waals surface area contributed by atoms with E-state index in [0.717, 1.165) is 19.4 Å². The highest BCUT2D eigenvalue weighted by Crippen LogP contribution is 2.23. The molecule has 1 amide bonds. The van der Waals surface area contributed by atoms with Crippen molar-refractivity contribution in [3.05, 3.63) is 17.8 Å². The lowest BCUT2D eigenvalue weighted by Gasteiger charge is -2.37. The second-order valence-electron chi connectivity index (χ2n) is 5.50. The van der Waals surface area contributed by atoms with E-state index in [1.54, 1.807) is 26.2 Å². The monoisotopic (exact) mass is 264 g/mol. The third kappa shape index (κ3) is 3.20. The van der Waals surface area contributed by atoms with Gasteiger partial charge in [-0.05, 0) is 31.9 Å². The Labute approximate surface area is 113 Å². The standard InChI is InChI=1S/C13H20N4O2/c1-13(19)7-4-8-17(9-13)11-6-5-10(14-15-11)12(18)16(2)3/h5-6,19H,4,7-9H2,1-3H3. The molecule has 0 spiro atoms. The van der Waals surface area contributed by atoms with Crippen molar-refractivity contribution in [3.8, 4) is 0 Å². The van der Waals surface area contributed by atoms with E-state index in [1.807, 2.05) is 11.8 Å². The average Bonchev–Trinajstić information content (AvgIpc) is 2.37. The highest BCUT2D eigenvalue weighted by molar-refractivity contribution is 5.91. The highest BCUT2D eigenvalue weighted by atomic mass is 16.3. The van der Waals surface area contributed by atoms with E-state index in [1.165, 1.54) is 4.90 Å². The van der Waals surface area contributed by atoms with Crippen molar-refractivity contribution < 1.29 is 9.90 Å². The van der Waals surface area contributed by atoms with Crippen molar-refractivity contribution in [1.82, 2.24) is 15.1 Å². The maximum Gasteiger partial charge on any atom is 0.273 e. The molecule has 2 heterocycles. The number of β-amino-alcohol motifs (C(OH)–C–C–N with tert-alkyl or cyclic N) is 1. The predicted octanol–water partition coefficient (Wildman–Crippen LogP) is 0.530. The number of hydrogen-bond donors (Lipinski definition) is 1. The van der Waals surface area contributed by atoms with Gasteiger partial charge in [0.05, 0.1) is 5.60 Å². The van der Waals surface area contributed by atoms with E-state index in [0.29, 0.717) is 18.1 Å². The van der Waals surface area contributed by atoms with Gasteiger partial charge in [0, 0.05) is 27.2 Å². The number of nitrogens with zero attached hydrogens (tertiary/aromatic N) is 4. The molecule has 104 valence electrons. The number of anilines is 1. The number of piperidine rings is 1. The van der Waals surface area contributed by atoms with Gasteiger partial charge in [0.1, 0.15) is 0 Å². The smallest absolute Gasteiger partial charge is 0.273 e. The first-order valence-corrected chi connectivity index (χ1v) is 6.42. The fraction of sp³-hybridized carbons (Fsp3) is 0.615. The largest absolute Gasteiger partial charge is 0.388 e. The summed E-state index contributed by atoms with van der Waals surface area (Å²) in [4.78, 5) is 15.2. The van der Waals surface area contributed by atoms with Gasteiger partial charge in [0.25, 0.3) is 5.91 Å². The molecule has 1 fully saturated rings. The molecule has 1 atom stereocenters. The van der Waals surface area contributed by atoms with Crippen LogP contribution in [0.2, 0.25) is 0 Å². The van der Waals surface area contributed by atoms with Crippen molar-refractivity contribution >= 4 is 11.7 Å². The lowest BCUT2D eigenvalue weighted by molar-refractivity contribution is 0.0446. The Morgan fingerprint density at radius 1 is 1.42 bits per heavy atom. The Hall–Kier alpha value is -1.69. The summed E-state index contributed by atoms with van der Waals surface area (Å²) in [6.07, 6.45) is 1.72. The molecular weight excluding hydrogens is 244 g/mol. The first-order valence-electron chi connectivity index (χ1n) is 6.42. The van der Waals surface area contributed by atoms with Gasteiger partial charge >= 0.3 is 0 Å². The summed E-state index contributed by atoms with van der Waals surface area (Å²) in [5.74, 6) is 0.542. The number of rotatable bonds is 2. The number of carbonyl (C=O) groups excluding carboxylic acids is 1. The van der Waals surface area contributed by atoms with Crippen molar-refractivity contribution in [3.63, 3.8) is 0 Å². The van der Waals surface area contributed by atoms with Crippen LogP contribution in [0.4, 0.5) is 5.82 Å². The molecule has 1 saturated heterocycles. The minimum atomic E-state index is -0.682. The summed E-state index contributed by atoms with van der Waals surface area (Å²) in [6, 6.07) is 3.46. The molecule has 0 aromatic carbocycles. The summed E-state index contributed by atoms with van der Waals surface area (Å²) in [6.45, 7) is 3.23. The van der Waals surface area contributed by atoms with Crippen LogP contribution in [0.25, 0.3) is 0 Å². The van der Waals surface area contributed by atoms with Crippen LogP contribution in [-0.4, -0.2) is 58.9 Å². The van der Waals surface area contributed by atoms with Crippen molar-refractivity contribution in [2.75, 3.05) is 32.1 Å². The van der Waals surface area contributed by atoms with E-state index in [9.17, 15) is 9.90 Å². The van der Waals surface area contributed by atoms with Crippen LogP contribution in [-0.2, 0) is 0 Å². The molecule has 19 heavy (non-hydrogen) atoms. The van der Waals surface area contributed by atoms with E-state index in [2.05, 4.69) is 10.2 Å². The molecule has 1 N–H and O–H groups in total. The van der Waals surface area contributed by atoms with Crippen molar-refractivity contribution in [1.29, 1.82) is 0 Å². The first-order chi connectivity index (χ1) is 8.89. The maximum absolute atomic E-state index is 11.7. The number of hydrogen-bond acceptors (Lipinski definition) is 5. The molecule has 1 aromatic heterocycles. The zero-order valence-electron chi connectivity index (χ0n) is 11.6. The van der Waals surface area contributed by atoms with Gasteiger partial charge in [0.15, 0.2) is 11.5 Å². The van der Waals surface area contributed by atoms with Gasteiger partial charge in [-0.1, -0.05) is 0 Å². The minimum absolute atomic E-state index is 0.162. The summed E-state index contributed by atoms with van der Waals surface area (Å²) in [7, 11) is 3.36. The zero-order chi connectivity index (χ0) is 14.0. The van der Waals surface area contributed by atoms with Crippen LogP contribution in [0.5, 0.6) is 0 Å². The number of amides is 1. The highest BCUT2D eigenvalue weighted by Gasteiger charge is 2.29. The fourth-order valence-electron chi connectivity index (χ4n) is 2.25. The molecule has 0 saturated carbocycles. The Balaban J connectivity index is 2.12. The van der Waals surface area contributed by atoms with Gasteiger partial charge in [-0.2, -0.15) is 0 Å². The Morgan fingerprint density at radius 3 is 2.68 bits per heavy atom. The maximum atomic E-state index is 11.7. The number of aliphatic hydroxyl groups is 1. The Kier molecular flexibility index (Phi) is 3.71. The van der Waals surface area contributed by atoms with Gasteiger partial charge in [-0.3, -0.25) is 4.79 Å². The van der Waals surface area contributed by atoms with Crippen molar-refractivity contribution in [2.24, 2.45) is 0 Å². The molecule has 6 heteroatoms. The van der Waals surface area contributed by atoms with Crippen LogP contribution in [0.1, 0.15) is 30.3 Å². The molecule has 0 radical (unpaired) electrons. The van der Waals surface area contributed by atoms with Gasteiger partial charge in [-0.25, -0.2) is 0 Å². The van der Waals surface area contributed by atoms with E-state index >= 15 is 0 Å². The molecule has 6 nitrogen and oxygen atoms in total. The van der Waals surface area contributed by atoms with Crippen LogP contribution in [0.15, 0.2) is 12.1 Å². The quantitative estimate of drug-likeness (QED) is 0.844. The van der Waals surface area contributed by atoms with Crippen LogP contribution >= 0.6 is 0 Å². The van der Waals surface area contributed by atoms with Gasteiger partial charge in [0.2, 0.25) is 0 Å². The summed E-state index contributed by atoms with van der Waals surface area (Å²) in [5.41, 5.74) is -0.351. The average molecular weight is 264 g/mol. The molecule has 1 unspecified atom stereocenters. The number of carbonyl (C=O) groups is 1. The normalized spacial score (nSPS) is 23.3. The predicted molar refractivity (Wildman–Crippen MR) is 72.1 cm³/mol. The molecule has 1 aliphatic rings. The third-order valence-electron chi connectivity index (χ3n) is 3.27. The fourth-order valence-corrected chi connectivity index (χ4v) is 2.25. The van der Waals surface area contributed by atoms with Gasteiger partial charge in [-0.15, -0.1) is 10.2 Å². The topological polar surface area (TPSA) is 69.6 Å². The molecular formula is C13H20N4O2. The summed E-state index contributed by atoms with van der Waals surface area (Å²) < 4.78 is 0. The molecule has 2 rings (SSSR count). The second-order valence-corrected chi connectivity index (χ2v) is 5.50. The lowest BCUT2D eigenvalue weighted by atomic mass is 9.95. The number of aromatic nitrogens is 2. The SMILES string of the molecule is CN(C)C(=O)c1ccc(N2CCCC(C)(O)C2)nn1. The second kappa shape index (κ2) is 5.13. The van der Waals surface area contributed by atoms with Crippen LogP contribution in [0.3, 0.4) is 0 Å². The summed E-state index contributed by atoms with van der Waals surface area (Å²) in [5, 5.41) is 18.1.